The lowest BCUT2D eigenvalue weighted by Gasteiger charge is -2.47. The van der Waals surface area contributed by atoms with Gasteiger partial charge >= 0.3 is 0 Å². The molecular weight excluding hydrogens is 232 g/mol. The largest absolute Gasteiger partial charge is 0.508 e. The predicted molar refractivity (Wildman–Crippen MR) is 79.4 cm³/mol. The maximum absolute atomic E-state index is 9.67. The lowest BCUT2D eigenvalue weighted by Crippen LogP contribution is -2.38. The van der Waals surface area contributed by atoms with Gasteiger partial charge < -0.3 is 5.11 Å². The first-order chi connectivity index (χ1) is 9.08. The molecule has 4 atom stereocenters. The maximum atomic E-state index is 9.67. The Labute approximate surface area is 117 Å². The van der Waals surface area contributed by atoms with Gasteiger partial charge in [-0.25, -0.2) is 0 Å². The second-order valence-corrected chi connectivity index (χ2v) is 7.07. The van der Waals surface area contributed by atoms with Gasteiger partial charge in [-0.15, -0.1) is 0 Å². The van der Waals surface area contributed by atoms with Crippen LogP contribution in [0.5, 0.6) is 5.75 Å². The van der Waals surface area contributed by atoms with E-state index in [1.54, 1.807) is 0 Å². The number of aromatic hydroxyl groups is 1. The first kappa shape index (κ1) is 13.0. The van der Waals surface area contributed by atoms with E-state index in [1.165, 1.54) is 30.4 Å². The van der Waals surface area contributed by atoms with Crippen LogP contribution >= 0.6 is 0 Å². The molecule has 19 heavy (non-hydrogen) atoms. The molecule has 0 bridgehead atoms. The Morgan fingerprint density at radius 1 is 1.16 bits per heavy atom. The Morgan fingerprint density at radius 3 is 2.68 bits per heavy atom. The van der Waals surface area contributed by atoms with E-state index >= 15 is 0 Å². The standard InChI is InChI=1S/C18H26O/c1-11(2)18-12(3)4-7-16-15-9-6-14(19)10-13(15)5-8-17(16)18/h6,9-12,16-19H,4-5,7-8H2,1-3H3. The van der Waals surface area contributed by atoms with Crippen molar-refractivity contribution in [3.05, 3.63) is 29.3 Å². The van der Waals surface area contributed by atoms with Crippen molar-refractivity contribution in [3.63, 3.8) is 0 Å². The van der Waals surface area contributed by atoms with Crippen LogP contribution in [0.1, 0.15) is 57.1 Å². The van der Waals surface area contributed by atoms with Crippen molar-refractivity contribution in [3.8, 4) is 5.75 Å². The summed E-state index contributed by atoms with van der Waals surface area (Å²) in [5, 5.41) is 9.67. The molecule has 1 nitrogen and oxygen atoms in total. The summed E-state index contributed by atoms with van der Waals surface area (Å²) in [5.41, 5.74) is 2.94. The van der Waals surface area contributed by atoms with E-state index in [9.17, 15) is 5.11 Å². The van der Waals surface area contributed by atoms with Gasteiger partial charge in [0.2, 0.25) is 0 Å². The molecular formula is C18H26O. The third-order valence-electron chi connectivity index (χ3n) is 5.64. The molecule has 1 N–H and O–H groups in total. The van der Waals surface area contributed by atoms with E-state index in [1.807, 2.05) is 12.1 Å². The fraction of sp³-hybridized carbons (Fsp3) is 0.667. The SMILES string of the molecule is CC(C)C1C(C)CCC2c3ccc(O)cc3CCC21. The smallest absolute Gasteiger partial charge is 0.115 e. The quantitative estimate of drug-likeness (QED) is 0.771. The van der Waals surface area contributed by atoms with E-state index in [0.717, 1.165) is 36.0 Å². The lowest BCUT2D eigenvalue weighted by molar-refractivity contribution is 0.0827. The van der Waals surface area contributed by atoms with Crippen molar-refractivity contribution in [2.24, 2.45) is 23.7 Å². The molecule has 4 unspecified atom stereocenters. The van der Waals surface area contributed by atoms with Crippen LogP contribution in [0.25, 0.3) is 0 Å². The van der Waals surface area contributed by atoms with Gasteiger partial charge in [-0.2, -0.15) is 0 Å². The molecule has 1 saturated carbocycles. The molecule has 0 aromatic heterocycles. The number of benzene rings is 1. The van der Waals surface area contributed by atoms with Gasteiger partial charge in [0.05, 0.1) is 0 Å². The molecule has 0 saturated heterocycles. The van der Waals surface area contributed by atoms with Crippen molar-refractivity contribution in [1.29, 1.82) is 0 Å². The molecule has 2 aliphatic rings. The van der Waals surface area contributed by atoms with Gasteiger partial charge in [-0.3, -0.25) is 0 Å². The zero-order valence-electron chi connectivity index (χ0n) is 12.4. The molecule has 0 radical (unpaired) electrons. The van der Waals surface area contributed by atoms with Crippen molar-refractivity contribution in [2.75, 3.05) is 0 Å². The monoisotopic (exact) mass is 258 g/mol. The van der Waals surface area contributed by atoms with E-state index in [2.05, 4.69) is 26.8 Å². The Bertz CT molecular complexity index is 463. The minimum atomic E-state index is 0.432. The lowest BCUT2D eigenvalue weighted by atomic mass is 9.58. The number of phenolic OH excluding ortho intramolecular Hbond substituents is 1. The molecule has 3 rings (SSSR count). The van der Waals surface area contributed by atoms with Gasteiger partial charge in [0.25, 0.3) is 0 Å². The maximum Gasteiger partial charge on any atom is 0.115 e. The average molecular weight is 258 g/mol. The van der Waals surface area contributed by atoms with Crippen LogP contribution in [-0.2, 0) is 6.42 Å². The van der Waals surface area contributed by atoms with Gasteiger partial charge in [-0.1, -0.05) is 26.8 Å². The number of rotatable bonds is 1. The van der Waals surface area contributed by atoms with E-state index < -0.39 is 0 Å². The summed E-state index contributed by atoms with van der Waals surface area (Å²) >= 11 is 0. The molecule has 0 amide bonds. The van der Waals surface area contributed by atoms with Gasteiger partial charge in [0.15, 0.2) is 0 Å². The Hall–Kier alpha value is -0.980. The molecule has 104 valence electrons. The Kier molecular flexibility index (Phi) is 3.32. The van der Waals surface area contributed by atoms with Crippen LogP contribution in [0.4, 0.5) is 0 Å². The van der Waals surface area contributed by atoms with Gasteiger partial charge in [0, 0.05) is 0 Å². The van der Waals surface area contributed by atoms with Crippen molar-refractivity contribution < 1.29 is 5.11 Å². The molecule has 1 heteroatoms. The molecule has 0 spiro atoms. The highest BCUT2D eigenvalue weighted by molar-refractivity contribution is 5.39. The highest BCUT2D eigenvalue weighted by atomic mass is 16.3. The zero-order valence-corrected chi connectivity index (χ0v) is 12.4. The van der Waals surface area contributed by atoms with E-state index in [0.29, 0.717) is 5.75 Å². The molecule has 1 aromatic carbocycles. The minimum absolute atomic E-state index is 0.432. The fourth-order valence-electron chi connectivity index (χ4n) is 4.96. The van der Waals surface area contributed by atoms with Crippen molar-refractivity contribution in [2.45, 2.75) is 52.4 Å². The van der Waals surface area contributed by atoms with Crippen LogP contribution in [0.15, 0.2) is 18.2 Å². The number of hydrogen-bond acceptors (Lipinski definition) is 1. The van der Waals surface area contributed by atoms with E-state index in [-0.39, 0.29) is 0 Å². The topological polar surface area (TPSA) is 20.2 Å². The first-order valence-electron chi connectivity index (χ1n) is 7.89. The molecule has 0 heterocycles. The highest BCUT2D eigenvalue weighted by Gasteiger charge is 2.41. The molecule has 1 fully saturated rings. The Morgan fingerprint density at radius 2 is 1.95 bits per heavy atom. The number of aryl methyl sites for hydroxylation is 1. The second-order valence-electron chi connectivity index (χ2n) is 7.07. The van der Waals surface area contributed by atoms with Crippen molar-refractivity contribution in [1.82, 2.24) is 0 Å². The Balaban J connectivity index is 1.96. The summed E-state index contributed by atoms with van der Waals surface area (Å²) in [6.45, 7) is 7.25. The van der Waals surface area contributed by atoms with Crippen LogP contribution in [-0.4, -0.2) is 5.11 Å². The molecule has 2 aliphatic carbocycles. The summed E-state index contributed by atoms with van der Waals surface area (Å²) in [5.74, 6) is 4.58. The predicted octanol–water partition coefficient (Wildman–Crippen LogP) is 4.74. The summed E-state index contributed by atoms with van der Waals surface area (Å²) < 4.78 is 0. The van der Waals surface area contributed by atoms with Gasteiger partial charge in [0.1, 0.15) is 5.75 Å². The normalized spacial score (nSPS) is 33.9. The second kappa shape index (κ2) is 4.85. The summed E-state index contributed by atoms with van der Waals surface area (Å²) in [7, 11) is 0. The van der Waals surface area contributed by atoms with Crippen LogP contribution in [0, 0.1) is 23.7 Å². The summed E-state index contributed by atoms with van der Waals surface area (Å²) in [4.78, 5) is 0. The highest BCUT2D eigenvalue weighted by Crippen LogP contribution is 2.52. The van der Waals surface area contributed by atoms with Crippen LogP contribution in [0.3, 0.4) is 0 Å². The van der Waals surface area contributed by atoms with Crippen LogP contribution in [0.2, 0.25) is 0 Å². The minimum Gasteiger partial charge on any atom is -0.508 e. The van der Waals surface area contributed by atoms with Crippen LogP contribution < -0.4 is 0 Å². The molecule has 0 aliphatic heterocycles. The number of fused-ring (bicyclic) bond motifs is 3. The van der Waals surface area contributed by atoms with Crippen molar-refractivity contribution >= 4 is 0 Å². The molecule has 1 aromatic rings. The first-order valence-corrected chi connectivity index (χ1v) is 7.89. The zero-order chi connectivity index (χ0) is 13.6. The summed E-state index contributed by atoms with van der Waals surface area (Å²) in [6.07, 6.45) is 5.17. The number of hydrogen-bond donors (Lipinski definition) is 1. The fourth-order valence-corrected chi connectivity index (χ4v) is 4.96. The average Bonchev–Trinajstić information content (AvgIpc) is 2.37. The van der Waals surface area contributed by atoms with E-state index in [4.69, 9.17) is 0 Å². The third-order valence-corrected chi connectivity index (χ3v) is 5.64. The third kappa shape index (κ3) is 2.17. The van der Waals surface area contributed by atoms with Gasteiger partial charge in [-0.05, 0) is 78.5 Å². The summed E-state index contributed by atoms with van der Waals surface area (Å²) in [6, 6.07) is 6.06. The number of phenols is 1.